The molecule has 2 aromatic rings. The van der Waals surface area contributed by atoms with E-state index >= 15 is 0 Å². The highest BCUT2D eigenvalue weighted by Gasteiger charge is 2.41. The maximum atomic E-state index is 13.4. The Hall–Kier alpha value is -2.92. The van der Waals surface area contributed by atoms with Crippen molar-refractivity contribution >= 4 is 23.4 Å². The van der Waals surface area contributed by atoms with Gasteiger partial charge in [-0.2, -0.15) is 0 Å². The van der Waals surface area contributed by atoms with Crippen molar-refractivity contribution in [3.05, 3.63) is 87.5 Å². The van der Waals surface area contributed by atoms with Crippen LogP contribution in [-0.2, 0) is 14.3 Å². The third kappa shape index (κ3) is 4.28. The van der Waals surface area contributed by atoms with Crippen molar-refractivity contribution in [2.45, 2.75) is 51.6 Å². The maximum absolute atomic E-state index is 13.4. The molecule has 31 heavy (non-hydrogen) atoms. The molecular formula is C25H25ClN2O3. The lowest BCUT2D eigenvalue weighted by atomic mass is 9.72. The molecular weight excluding hydrogens is 412 g/mol. The number of pyridine rings is 1. The van der Waals surface area contributed by atoms with Crippen LogP contribution in [0.1, 0.15) is 56.6 Å². The van der Waals surface area contributed by atoms with Crippen molar-refractivity contribution < 1.29 is 14.3 Å². The van der Waals surface area contributed by atoms with Crippen LogP contribution in [0.2, 0.25) is 5.02 Å². The quantitative estimate of drug-likeness (QED) is 0.679. The van der Waals surface area contributed by atoms with Crippen LogP contribution >= 0.6 is 11.6 Å². The molecule has 1 aromatic heterocycles. The van der Waals surface area contributed by atoms with Gasteiger partial charge in [0.2, 0.25) is 0 Å². The summed E-state index contributed by atoms with van der Waals surface area (Å²) in [4.78, 5) is 30.7. The van der Waals surface area contributed by atoms with Gasteiger partial charge in [0, 0.05) is 46.7 Å². The van der Waals surface area contributed by atoms with Crippen LogP contribution in [0.25, 0.3) is 0 Å². The Morgan fingerprint density at radius 1 is 1.16 bits per heavy atom. The van der Waals surface area contributed by atoms with Crippen LogP contribution in [0.3, 0.4) is 0 Å². The number of hydrogen-bond acceptors (Lipinski definition) is 5. The standard InChI is InChI=1S/C25H25ClN2O3/c1-14(2)31-25(30)22-15(3)28-20-11-18(16-6-8-19(26)9-7-16)12-21(29)24(20)23(22)17-5-4-10-27-13-17/h4-10,13-14,18,23,28H,11-12H2,1-3H3/t18-,23-/m0/s1. The smallest absolute Gasteiger partial charge is 0.337 e. The van der Waals surface area contributed by atoms with Gasteiger partial charge in [-0.15, -0.1) is 0 Å². The molecule has 0 bridgehead atoms. The van der Waals surface area contributed by atoms with Crippen molar-refractivity contribution in [1.82, 2.24) is 10.3 Å². The number of carbonyl (C=O) groups is 2. The number of ketones is 1. The molecule has 0 radical (unpaired) electrons. The summed E-state index contributed by atoms with van der Waals surface area (Å²) in [5.74, 6) is -0.810. The van der Waals surface area contributed by atoms with Gasteiger partial charge in [-0.1, -0.05) is 29.8 Å². The van der Waals surface area contributed by atoms with Crippen LogP contribution in [-0.4, -0.2) is 22.8 Å². The molecule has 0 amide bonds. The van der Waals surface area contributed by atoms with Crippen LogP contribution in [0.15, 0.2) is 71.3 Å². The monoisotopic (exact) mass is 436 g/mol. The maximum Gasteiger partial charge on any atom is 0.337 e. The number of allylic oxidation sites excluding steroid dienone is 3. The fourth-order valence-corrected chi connectivity index (χ4v) is 4.56. The molecule has 2 heterocycles. The Bertz CT molecular complexity index is 1070. The number of benzene rings is 1. The van der Waals surface area contributed by atoms with Gasteiger partial charge < -0.3 is 10.1 Å². The van der Waals surface area contributed by atoms with Gasteiger partial charge in [-0.3, -0.25) is 9.78 Å². The fraction of sp³-hybridized carbons (Fsp3) is 0.320. The van der Waals surface area contributed by atoms with Gasteiger partial charge in [0.25, 0.3) is 0 Å². The second-order valence-electron chi connectivity index (χ2n) is 8.31. The average Bonchev–Trinajstić information content (AvgIpc) is 2.73. The zero-order valence-electron chi connectivity index (χ0n) is 17.8. The van der Waals surface area contributed by atoms with Gasteiger partial charge in [-0.05, 0) is 62.4 Å². The lowest BCUT2D eigenvalue weighted by Crippen LogP contribution is -2.36. The minimum absolute atomic E-state index is 0.0323. The van der Waals surface area contributed by atoms with Crippen LogP contribution in [0.4, 0.5) is 0 Å². The highest BCUT2D eigenvalue weighted by molar-refractivity contribution is 6.30. The first-order chi connectivity index (χ1) is 14.8. The number of ether oxygens (including phenoxy) is 1. The number of halogens is 1. The van der Waals surface area contributed by atoms with E-state index in [1.165, 1.54) is 0 Å². The highest BCUT2D eigenvalue weighted by Crippen LogP contribution is 2.45. The summed E-state index contributed by atoms with van der Waals surface area (Å²) in [6.45, 7) is 5.49. The Morgan fingerprint density at radius 2 is 1.90 bits per heavy atom. The summed E-state index contributed by atoms with van der Waals surface area (Å²) in [5.41, 5.74) is 4.57. The Balaban J connectivity index is 1.77. The summed E-state index contributed by atoms with van der Waals surface area (Å²) in [6, 6.07) is 11.4. The lowest BCUT2D eigenvalue weighted by Gasteiger charge is -2.36. The SMILES string of the molecule is CC1=C(C(=O)OC(C)C)[C@H](c2cccnc2)C2=C(C[C@H](c3ccc(Cl)cc3)CC2=O)N1. The topological polar surface area (TPSA) is 68.3 Å². The minimum Gasteiger partial charge on any atom is -0.460 e. The van der Waals surface area contributed by atoms with Crippen molar-refractivity contribution in [1.29, 1.82) is 0 Å². The predicted molar refractivity (Wildman–Crippen MR) is 120 cm³/mol. The summed E-state index contributed by atoms with van der Waals surface area (Å²) in [7, 11) is 0. The van der Waals surface area contributed by atoms with Gasteiger partial charge in [0.05, 0.1) is 11.7 Å². The van der Waals surface area contributed by atoms with E-state index in [0.29, 0.717) is 34.7 Å². The number of nitrogens with one attached hydrogen (secondary N) is 1. The van der Waals surface area contributed by atoms with Crippen LogP contribution in [0, 0.1) is 0 Å². The number of esters is 1. The molecule has 0 unspecified atom stereocenters. The molecule has 1 aliphatic carbocycles. The molecule has 0 saturated carbocycles. The third-order valence-electron chi connectivity index (χ3n) is 5.75. The number of aromatic nitrogens is 1. The van der Waals surface area contributed by atoms with Crippen LogP contribution < -0.4 is 5.32 Å². The molecule has 1 N–H and O–H groups in total. The predicted octanol–water partition coefficient (Wildman–Crippen LogP) is 5.05. The van der Waals surface area contributed by atoms with E-state index in [9.17, 15) is 9.59 Å². The average molecular weight is 437 g/mol. The summed E-state index contributed by atoms with van der Waals surface area (Å²) < 4.78 is 5.52. The second-order valence-corrected chi connectivity index (χ2v) is 8.75. The van der Waals surface area contributed by atoms with E-state index in [1.54, 1.807) is 12.4 Å². The lowest BCUT2D eigenvalue weighted by molar-refractivity contribution is -0.143. The van der Waals surface area contributed by atoms with E-state index in [-0.39, 0.29) is 17.8 Å². The molecule has 1 aromatic carbocycles. The van der Waals surface area contributed by atoms with Crippen molar-refractivity contribution in [3.8, 4) is 0 Å². The minimum atomic E-state index is -0.491. The van der Waals surface area contributed by atoms with Gasteiger partial charge >= 0.3 is 5.97 Å². The summed E-state index contributed by atoms with van der Waals surface area (Å²) in [5, 5.41) is 4.03. The van der Waals surface area contributed by atoms with Gasteiger partial charge in [-0.25, -0.2) is 4.79 Å². The molecule has 2 aliphatic rings. The van der Waals surface area contributed by atoms with E-state index in [4.69, 9.17) is 16.3 Å². The second kappa shape index (κ2) is 8.67. The molecule has 1 aliphatic heterocycles. The van der Waals surface area contributed by atoms with Crippen molar-refractivity contribution in [2.24, 2.45) is 0 Å². The Labute approximate surface area is 187 Å². The number of carbonyl (C=O) groups excluding carboxylic acids is 2. The number of nitrogens with zero attached hydrogens (tertiary/aromatic N) is 1. The highest BCUT2D eigenvalue weighted by atomic mass is 35.5. The Morgan fingerprint density at radius 3 is 2.55 bits per heavy atom. The van der Waals surface area contributed by atoms with E-state index in [1.807, 2.05) is 57.2 Å². The summed E-state index contributed by atoms with van der Waals surface area (Å²) in [6.07, 6.45) is 4.21. The normalized spacial score (nSPS) is 21.1. The van der Waals surface area contributed by atoms with E-state index < -0.39 is 11.9 Å². The molecule has 0 saturated heterocycles. The van der Waals surface area contributed by atoms with Crippen molar-refractivity contribution in [3.63, 3.8) is 0 Å². The van der Waals surface area contributed by atoms with Crippen LogP contribution in [0.5, 0.6) is 0 Å². The molecule has 0 spiro atoms. The number of dihydropyridines is 1. The van der Waals surface area contributed by atoms with Gasteiger partial charge in [0.1, 0.15) is 0 Å². The zero-order chi connectivity index (χ0) is 22.1. The fourth-order valence-electron chi connectivity index (χ4n) is 4.44. The zero-order valence-corrected chi connectivity index (χ0v) is 18.6. The molecule has 2 atom stereocenters. The van der Waals surface area contributed by atoms with E-state index in [0.717, 1.165) is 16.8 Å². The molecule has 0 fully saturated rings. The first-order valence-electron chi connectivity index (χ1n) is 10.5. The molecule has 160 valence electrons. The molecule has 5 nitrogen and oxygen atoms in total. The van der Waals surface area contributed by atoms with Gasteiger partial charge in [0.15, 0.2) is 5.78 Å². The van der Waals surface area contributed by atoms with Crippen molar-refractivity contribution in [2.75, 3.05) is 0 Å². The Kier molecular flexibility index (Phi) is 5.96. The molecule has 6 heteroatoms. The number of rotatable bonds is 4. The van der Waals surface area contributed by atoms with E-state index in [2.05, 4.69) is 10.3 Å². The number of Topliss-reactive ketones (excluding diaryl/α,β-unsaturated/α-hetero) is 1. The first kappa shape index (κ1) is 21.3. The largest absolute Gasteiger partial charge is 0.460 e. The molecule has 4 rings (SSSR count). The third-order valence-corrected chi connectivity index (χ3v) is 6.00. The summed E-state index contributed by atoms with van der Waals surface area (Å²) >= 11 is 6.03. The number of hydrogen-bond donors (Lipinski definition) is 1. The first-order valence-corrected chi connectivity index (χ1v) is 10.8.